The van der Waals surface area contributed by atoms with E-state index in [0.717, 1.165) is 11.1 Å². The van der Waals surface area contributed by atoms with Crippen molar-refractivity contribution in [3.05, 3.63) is 145 Å². The maximum atomic E-state index is 10.2. The van der Waals surface area contributed by atoms with Crippen molar-refractivity contribution in [2.45, 2.75) is 76.7 Å². The fraction of sp³-hybridized carbons (Fsp3) is 0.317. The van der Waals surface area contributed by atoms with Crippen LogP contribution in [0.15, 0.2) is 145 Å². The molecule has 0 radical (unpaired) electrons. The molecule has 5 rings (SSSR count). The van der Waals surface area contributed by atoms with E-state index in [2.05, 4.69) is 169 Å². The smallest absolute Gasteiger partial charge is 0.261 e. The third-order valence-corrected chi connectivity index (χ3v) is 19.7. The van der Waals surface area contributed by atoms with E-state index in [1.165, 1.54) is 20.7 Å². The summed E-state index contributed by atoms with van der Waals surface area (Å²) in [6.45, 7) is 18.5. The first-order valence-electron chi connectivity index (χ1n) is 16.5. The van der Waals surface area contributed by atoms with Gasteiger partial charge in [0.2, 0.25) is 0 Å². The van der Waals surface area contributed by atoms with Gasteiger partial charge in [-0.3, -0.25) is 0 Å². The quantitative estimate of drug-likeness (QED) is 0.197. The molecule has 0 aromatic heterocycles. The summed E-state index contributed by atoms with van der Waals surface area (Å²) in [5.41, 5.74) is 1.98. The lowest BCUT2D eigenvalue weighted by molar-refractivity contribution is 0.102. The zero-order chi connectivity index (χ0) is 33.0. The third-order valence-electron chi connectivity index (χ3n) is 9.56. The second-order valence-electron chi connectivity index (χ2n) is 14.5. The molecule has 5 heteroatoms. The highest BCUT2D eigenvalue weighted by atomic mass is 28.4. The molecule has 1 saturated carbocycles. The van der Waals surface area contributed by atoms with E-state index in [4.69, 9.17) is 8.85 Å². The van der Waals surface area contributed by atoms with Crippen LogP contribution in [0.2, 0.25) is 10.1 Å². The van der Waals surface area contributed by atoms with E-state index in [1.807, 2.05) is 6.08 Å². The van der Waals surface area contributed by atoms with Crippen molar-refractivity contribution in [3.8, 4) is 0 Å². The van der Waals surface area contributed by atoms with E-state index in [0.29, 0.717) is 12.8 Å². The highest BCUT2D eigenvalue weighted by Crippen LogP contribution is 2.44. The summed E-state index contributed by atoms with van der Waals surface area (Å²) in [5.74, 6) is 0. The van der Waals surface area contributed by atoms with Gasteiger partial charge in [0.25, 0.3) is 16.6 Å². The van der Waals surface area contributed by atoms with E-state index >= 15 is 0 Å². The number of benzene rings is 4. The number of aliphatic hydroxyl groups excluding tert-OH is 1. The SMILES string of the molecule is C=C1C(=CCO)C[C@H](O[Si](c2ccccc2)(c2ccccc2)C(C)(C)C)C[C@@H]1O[Si](c1ccccc1)(c1ccccc1)C(C)(C)C. The Labute approximate surface area is 278 Å². The number of hydrogen-bond acceptors (Lipinski definition) is 3. The largest absolute Gasteiger partial charge is 0.404 e. The molecule has 0 amide bonds. The number of hydrogen-bond donors (Lipinski definition) is 1. The van der Waals surface area contributed by atoms with E-state index in [1.54, 1.807) is 0 Å². The van der Waals surface area contributed by atoms with Crippen LogP contribution in [0.1, 0.15) is 54.4 Å². The Balaban J connectivity index is 1.65. The molecule has 0 saturated heterocycles. The van der Waals surface area contributed by atoms with Gasteiger partial charge in [-0.15, -0.1) is 0 Å². The van der Waals surface area contributed by atoms with E-state index < -0.39 is 16.6 Å². The Morgan fingerprint density at radius 2 is 0.978 bits per heavy atom. The molecule has 46 heavy (non-hydrogen) atoms. The summed E-state index contributed by atoms with van der Waals surface area (Å²) in [6.07, 6.45) is 2.88. The minimum atomic E-state index is -2.88. The van der Waals surface area contributed by atoms with Crippen LogP contribution in [0.3, 0.4) is 0 Å². The molecule has 240 valence electrons. The Morgan fingerprint density at radius 3 is 1.30 bits per heavy atom. The van der Waals surface area contributed by atoms with E-state index in [-0.39, 0.29) is 28.9 Å². The van der Waals surface area contributed by atoms with Crippen molar-refractivity contribution in [3.63, 3.8) is 0 Å². The Morgan fingerprint density at radius 1 is 0.630 bits per heavy atom. The lowest BCUT2D eigenvalue weighted by Crippen LogP contribution is -2.69. The molecule has 0 spiro atoms. The lowest BCUT2D eigenvalue weighted by Gasteiger charge is -2.49. The van der Waals surface area contributed by atoms with Crippen molar-refractivity contribution >= 4 is 37.4 Å². The second-order valence-corrected chi connectivity index (χ2v) is 23.1. The summed E-state index contributed by atoms with van der Waals surface area (Å²) in [7, 11) is -5.71. The van der Waals surface area contributed by atoms with Gasteiger partial charge in [-0.05, 0) is 48.4 Å². The summed E-state index contributed by atoms with van der Waals surface area (Å²) >= 11 is 0. The Hall–Kier alpha value is -3.33. The van der Waals surface area contributed by atoms with Gasteiger partial charge in [-0.25, -0.2) is 0 Å². The van der Waals surface area contributed by atoms with Gasteiger partial charge in [0, 0.05) is 6.42 Å². The molecule has 1 aliphatic rings. The molecule has 1 fully saturated rings. The van der Waals surface area contributed by atoms with Gasteiger partial charge in [0.1, 0.15) is 0 Å². The average molecular weight is 647 g/mol. The molecule has 0 heterocycles. The predicted octanol–water partition coefficient (Wildman–Crippen LogP) is 7.15. The first kappa shape index (κ1) is 34.0. The van der Waals surface area contributed by atoms with Gasteiger partial charge >= 0.3 is 0 Å². The first-order valence-corrected chi connectivity index (χ1v) is 20.3. The summed E-state index contributed by atoms with van der Waals surface area (Å²) in [4.78, 5) is 0. The molecule has 4 aromatic carbocycles. The van der Waals surface area contributed by atoms with Crippen molar-refractivity contribution in [2.24, 2.45) is 0 Å². The first-order chi connectivity index (χ1) is 21.9. The summed E-state index contributed by atoms with van der Waals surface area (Å²) in [6, 6.07) is 43.2. The van der Waals surface area contributed by atoms with Crippen LogP contribution in [-0.4, -0.2) is 40.6 Å². The van der Waals surface area contributed by atoms with Crippen LogP contribution in [0.25, 0.3) is 0 Å². The van der Waals surface area contributed by atoms with Gasteiger partial charge in [-0.2, -0.15) is 0 Å². The highest BCUT2D eigenvalue weighted by Gasteiger charge is 2.55. The molecular formula is C41H50O3Si2. The van der Waals surface area contributed by atoms with Crippen LogP contribution < -0.4 is 20.7 Å². The molecule has 2 atom stereocenters. The Kier molecular flexibility index (Phi) is 10.2. The molecule has 3 nitrogen and oxygen atoms in total. The lowest BCUT2D eigenvalue weighted by atomic mass is 9.86. The molecule has 1 N–H and O–H groups in total. The fourth-order valence-electron chi connectivity index (χ4n) is 7.43. The average Bonchev–Trinajstić information content (AvgIpc) is 3.05. The summed E-state index contributed by atoms with van der Waals surface area (Å²) in [5, 5.41) is 14.8. The molecule has 4 aromatic rings. The maximum Gasteiger partial charge on any atom is 0.261 e. The van der Waals surface area contributed by atoms with Crippen LogP contribution in [-0.2, 0) is 8.85 Å². The topological polar surface area (TPSA) is 38.7 Å². The van der Waals surface area contributed by atoms with Crippen molar-refractivity contribution in [1.29, 1.82) is 0 Å². The molecule has 1 aliphatic carbocycles. The van der Waals surface area contributed by atoms with Crippen LogP contribution >= 0.6 is 0 Å². The molecular weight excluding hydrogens is 597 g/mol. The van der Waals surface area contributed by atoms with E-state index in [9.17, 15) is 5.11 Å². The van der Waals surface area contributed by atoms with Crippen molar-refractivity contribution < 1.29 is 14.0 Å². The van der Waals surface area contributed by atoms with Gasteiger partial charge < -0.3 is 14.0 Å². The summed E-state index contributed by atoms with van der Waals surface area (Å²) < 4.78 is 15.4. The molecule has 0 aliphatic heterocycles. The van der Waals surface area contributed by atoms with Gasteiger partial charge in [0.15, 0.2) is 0 Å². The Bertz CT molecular complexity index is 1530. The van der Waals surface area contributed by atoms with Crippen molar-refractivity contribution in [1.82, 2.24) is 0 Å². The van der Waals surface area contributed by atoms with Crippen LogP contribution in [0, 0.1) is 0 Å². The zero-order valence-corrected chi connectivity index (χ0v) is 30.4. The third kappa shape index (κ3) is 6.44. The fourth-order valence-corrected chi connectivity index (χ4v) is 16.8. The van der Waals surface area contributed by atoms with Gasteiger partial charge in [-0.1, -0.05) is 176 Å². The number of rotatable bonds is 9. The molecule has 0 unspecified atom stereocenters. The number of aliphatic hydroxyl groups is 1. The minimum absolute atomic E-state index is 0.0494. The standard InChI is InChI=1S/C41H50O3Si2/c1-32-33(28-29-42)30-34(43-45(40(2,3)4,35-20-12-8-13-21-35)36-22-14-9-15-23-36)31-39(32)44-46(41(5,6)7,37-24-16-10-17-25-37)38-26-18-11-19-27-38/h8-28,34,39,42H,1,29-31H2,2-7H3/t34-,39-/m0/s1. The predicted molar refractivity (Wildman–Crippen MR) is 199 cm³/mol. The van der Waals surface area contributed by atoms with Crippen LogP contribution in [0.5, 0.6) is 0 Å². The normalized spacial score (nSPS) is 18.9. The highest BCUT2D eigenvalue weighted by molar-refractivity contribution is 7.00. The van der Waals surface area contributed by atoms with Crippen molar-refractivity contribution in [2.75, 3.05) is 6.61 Å². The monoisotopic (exact) mass is 646 g/mol. The maximum absolute atomic E-state index is 10.2. The van der Waals surface area contributed by atoms with Crippen LogP contribution in [0.4, 0.5) is 0 Å². The second kappa shape index (κ2) is 13.8. The zero-order valence-electron chi connectivity index (χ0n) is 28.4. The minimum Gasteiger partial charge on any atom is -0.404 e. The van der Waals surface area contributed by atoms with Gasteiger partial charge in [0.05, 0.1) is 18.8 Å². The molecule has 0 bridgehead atoms.